The Kier molecular flexibility index (Phi) is 9.02. The molecule has 1 unspecified atom stereocenters. The van der Waals surface area contributed by atoms with E-state index >= 15 is 0 Å². The van der Waals surface area contributed by atoms with Crippen LogP contribution in [0.25, 0.3) is 0 Å². The van der Waals surface area contributed by atoms with Crippen LogP contribution in [0.3, 0.4) is 0 Å². The molecule has 11 heteroatoms. The summed E-state index contributed by atoms with van der Waals surface area (Å²) in [5.41, 5.74) is 2.11. The molecule has 1 fully saturated rings. The molecule has 0 aromatic heterocycles. The Balaban J connectivity index is 1.56. The Morgan fingerprint density at radius 2 is 1.67 bits per heavy atom. The van der Waals surface area contributed by atoms with E-state index in [0.717, 1.165) is 41.0 Å². The fourth-order valence-electron chi connectivity index (χ4n) is 4.19. The van der Waals surface area contributed by atoms with Gasteiger partial charge in [0.1, 0.15) is 18.4 Å². The Morgan fingerprint density at radius 1 is 1.03 bits per heavy atom. The van der Waals surface area contributed by atoms with E-state index in [1.807, 2.05) is 19.1 Å². The zero-order valence-corrected chi connectivity index (χ0v) is 22.9. The highest BCUT2D eigenvalue weighted by Crippen LogP contribution is 2.26. The minimum absolute atomic E-state index is 0.138. The van der Waals surface area contributed by atoms with Gasteiger partial charge in [-0.3, -0.25) is 9.10 Å². The van der Waals surface area contributed by atoms with Gasteiger partial charge in [0.15, 0.2) is 0 Å². The van der Waals surface area contributed by atoms with Gasteiger partial charge in [0.25, 0.3) is 0 Å². The number of sulfonamides is 2. The number of hydrogen-bond donors (Lipinski definition) is 1. The molecule has 198 valence electrons. The highest BCUT2D eigenvalue weighted by molar-refractivity contribution is 7.92. The van der Waals surface area contributed by atoms with Crippen LogP contribution >= 0.6 is 0 Å². The number of nitrogens with one attached hydrogen (secondary N) is 1. The molecule has 3 rings (SSSR count). The standard InChI is InChI=1S/C25H35N3O6S2/c1-19-8-9-20(2)24(18-19)28(35(4,30)31)21(3)25(29)26-14-17-34-22-10-12-23(13-11-22)36(32,33)27-15-6-5-7-16-27/h8-13,18,21H,5-7,14-17H2,1-4H3,(H,26,29). The van der Waals surface area contributed by atoms with Crippen molar-refractivity contribution in [1.29, 1.82) is 0 Å². The highest BCUT2D eigenvalue weighted by Gasteiger charge is 2.30. The maximum atomic E-state index is 12.8. The number of carbonyl (C=O) groups is 1. The van der Waals surface area contributed by atoms with Crippen LogP contribution < -0.4 is 14.4 Å². The summed E-state index contributed by atoms with van der Waals surface area (Å²) in [6.07, 6.45) is 3.87. The fourth-order valence-corrected chi connectivity index (χ4v) is 6.93. The summed E-state index contributed by atoms with van der Waals surface area (Å²) in [6, 6.07) is 10.7. The maximum Gasteiger partial charge on any atom is 0.243 e. The first-order chi connectivity index (χ1) is 16.9. The number of ether oxygens (including phenoxy) is 1. The Bertz CT molecular complexity index is 1270. The van der Waals surface area contributed by atoms with Crippen LogP contribution in [-0.2, 0) is 24.8 Å². The van der Waals surface area contributed by atoms with Crippen LogP contribution in [0.1, 0.15) is 37.3 Å². The van der Waals surface area contributed by atoms with E-state index in [2.05, 4.69) is 5.32 Å². The predicted octanol–water partition coefficient (Wildman–Crippen LogP) is 2.83. The first kappa shape index (κ1) is 27.9. The molecular weight excluding hydrogens is 502 g/mol. The molecule has 0 radical (unpaired) electrons. The molecular formula is C25H35N3O6S2. The van der Waals surface area contributed by atoms with Crippen LogP contribution in [0.5, 0.6) is 5.75 Å². The van der Waals surface area contributed by atoms with Crippen LogP contribution in [0.2, 0.25) is 0 Å². The van der Waals surface area contributed by atoms with Crippen molar-refractivity contribution in [2.75, 3.05) is 36.8 Å². The second-order valence-corrected chi connectivity index (χ2v) is 12.9. The monoisotopic (exact) mass is 537 g/mol. The first-order valence-electron chi connectivity index (χ1n) is 12.0. The summed E-state index contributed by atoms with van der Waals surface area (Å²) >= 11 is 0. The number of hydrogen-bond acceptors (Lipinski definition) is 6. The van der Waals surface area contributed by atoms with E-state index in [0.29, 0.717) is 24.5 Å². The van der Waals surface area contributed by atoms with Gasteiger partial charge in [0.2, 0.25) is 26.0 Å². The third-order valence-electron chi connectivity index (χ3n) is 6.14. The van der Waals surface area contributed by atoms with Crippen molar-refractivity contribution in [2.24, 2.45) is 0 Å². The molecule has 1 aliphatic heterocycles. The topological polar surface area (TPSA) is 113 Å². The van der Waals surface area contributed by atoms with Gasteiger partial charge in [-0.05, 0) is 75.1 Å². The molecule has 0 spiro atoms. The summed E-state index contributed by atoms with van der Waals surface area (Å²) in [4.78, 5) is 13.0. The van der Waals surface area contributed by atoms with Gasteiger partial charge >= 0.3 is 0 Å². The Morgan fingerprint density at radius 3 is 2.28 bits per heavy atom. The molecule has 36 heavy (non-hydrogen) atoms. The van der Waals surface area contributed by atoms with E-state index in [4.69, 9.17) is 4.74 Å². The number of piperidine rings is 1. The second-order valence-electron chi connectivity index (χ2n) is 9.10. The van der Waals surface area contributed by atoms with Crippen molar-refractivity contribution in [3.8, 4) is 5.75 Å². The van der Waals surface area contributed by atoms with Crippen LogP contribution in [0, 0.1) is 13.8 Å². The molecule has 1 atom stereocenters. The van der Waals surface area contributed by atoms with E-state index in [-0.39, 0.29) is 18.0 Å². The lowest BCUT2D eigenvalue weighted by Crippen LogP contribution is -2.48. The van der Waals surface area contributed by atoms with Gasteiger partial charge in [-0.25, -0.2) is 16.8 Å². The largest absolute Gasteiger partial charge is 0.492 e. The zero-order chi connectivity index (χ0) is 26.5. The number of benzene rings is 2. The van der Waals surface area contributed by atoms with E-state index < -0.39 is 32.0 Å². The van der Waals surface area contributed by atoms with Crippen molar-refractivity contribution in [1.82, 2.24) is 9.62 Å². The normalized spacial score (nSPS) is 15.8. The Labute approximate surface area is 214 Å². The number of rotatable bonds is 10. The van der Waals surface area contributed by atoms with Crippen molar-refractivity contribution in [2.45, 2.75) is 51.0 Å². The predicted molar refractivity (Wildman–Crippen MR) is 140 cm³/mol. The summed E-state index contributed by atoms with van der Waals surface area (Å²) < 4.78 is 58.9. The first-order valence-corrected chi connectivity index (χ1v) is 15.3. The average molecular weight is 538 g/mol. The molecule has 1 saturated heterocycles. The number of anilines is 1. The quantitative estimate of drug-likeness (QED) is 0.467. The lowest BCUT2D eigenvalue weighted by atomic mass is 10.1. The van der Waals surface area contributed by atoms with Gasteiger partial charge < -0.3 is 10.1 Å². The molecule has 0 aliphatic carbocycles. The lowest BCUT2D eigenvalue weighted by molar-refractivity contribution is -0.121. The summed E-state index contributed by atoms with van der Waals surface area (Å²) in [5.74, 6) is 0.0240. The van der Waals surface area contributed by atoms with E-state index in [1.165, 1.54) is 16.4 Å². The molecule has 0 saturated carbocycles. The minimum Gasteiger partial charge on any atom is -0.492 e. The SMILES string of the molecule is Cc1ccc(C)c(N(C(C)C(=O)NCCOc2ccc(S(=O)(=O)N3CCCCC3)cc2)S(C)(=O)=O)c1. The van der Waals surface area contributed by atoms with Gasteiger partial charge in [-0.15, -0.1) is 0 Å². The highest BCUT2D eigenvalue weighted by atomic mass is 32.2. The lowest BCUT2D eigenvalue weighted by Gasteiger charge is -2.29. The fraction of sp³-hybridized carbons (Fsp3) is 0.480. The van der Waals surface area contributed by atoms with Crippen molar-refractivity contribution >= 4 is 31.6 Å². The van der Waals surface area contributed by atoms with Crippen LogP contribution in [0.4, 0.5) is 5.69 Å². The Hall–Kier alpha value is -2.63. The van der Waals surface area contributed by atoms with E-state index in [9.17, 15) is 21.6 Å². The minimum atomic E-state index is -3.71. The van der Waals surface area contributed by atoms with Gasteiger partial charge in [-0.2, -0.15) is 4.31 Å². The van der Waals surface area contributed by atoms with Crippen molar-refractivity contribution < 1.29 is 26.4 Å². The molecule has 1 heterocycles. The molecule has 1 N–H and O–H groups in total. The molecule has 2 aromatic rings. The molecule has 9 nitrogen and oxygen atoms in total. The van der Waals surface area contributed by atoms with Crippen LogP contribution in [-0.4, -0.2) is 65.6 Å². The number of aryl methyl sites for hydroxylation is 2. The number of carbonyl (C=O) groups excluding carboxylic acids is 1. The number of amides is 1. The van der Waals surface area contributed by atoms with Crippen LogP contribution in [0.15, 0.2) is 47.4 Å². The molecule has 1 aliphatic rings. The van der Waals surface area contributed by atoms with Gasteiger partial charge in [0, 0.05) is 13.1 Å². The van der Waals surface area contributed by atoms with Crippen molar-refractivity contribution in [3.63, 3.8) is 0 Å². The number of nitrogens with zero attached hydrogens (tertiary/aromatic N) is 2. The molecule has 2 aromatic carbocycles. The zero-order valence-electron chi connectivity index (χ0n) is 21.2. The summed E-state index contributed by atoms with van der Waals surface area (Å²) in [6.45, 7) is 6.58. The smallest absolute Gasteiger partial charge is 0.243 e. The van der Waals surface area contributed by atoms with E-state index in [1.54, 1.807) is 32.0 Å². The van der Waals surface area contributed by atoms with Gasteiger partial charge in [0.05, 0.1) is 23.4 Å². The second kappa shape index (κ2) is 11.6. The molecule has 1 amide bonds. The summed E-state index contributed by atoms with van der Waals surface area (Å²) in [7, 11) is -7.22. The third kappa shape index (κ3) is 6.77. The van der Waals surface area contributed by atoms with Crippen molar-refractivity contribution in [3.05, 3.63) is 53.6 Å². The average Bonchev–Trinajstić information content (AvgIpc) is 2.84. The third-order valence-corrected chi connectivity index (χ3v) is 9.28. The summed E-state index contributed by atoms with van der Waals surface area (Å²) in [5, 5.41) is 2.72. The molecule has 0 bridgehead atoms. The van der Waals surface area contributed by atoms with Gasteiger partial charge in [-0.1, -0.05) is 18.6 Å². The maximum absolute atomic E-state index is 12.8.